The number of hydrazone groups is 1. The Morgan fingerprint density at radius 3 is 2.54 bits per heavy atom. The molecule has 0 aliphatic carbocycles. The molecule has 6 heteroatoms. The number of amides is 1. The van der Waals surface area contributed by atoms with E-state index in [1.807, 2.05) is 32.0 Å². The molecule has 6 nitrogen and oxygen atoms in total. The number of carbonyl (C=O) groups is 1. The van der Waals surface area contributed by atoms with Crippen LogP contribution in [0.3, 0.4) is 0 Å². The maximum Gasteiger partial charge on any atom is 0.275 e. The number of aromatic hydroxyl groups is 2. The van der Waals surface area contributed by atoms with Crippen LogP contribution >= 0.6 is 0 Å². The highest BCUT2D eigenvalue weighted by atomic mass is 16.3. The molecule has 0 bridgehead atoms. The Balaban J connectivity index is 1.74. The van der Waals surface area contributed by atoms with Gasteiger partial charge in [0, 0.05) is 35.8 Å². The first-order chi connectivity index (χ1) is 13.5. The summed E-state index contributed by atoms with van der Waals surface area (Å²) in [5.74, 6) is -0.535. The minimum atomic E-state index is -0.529. The molecule has 3 aromatic carbocycles. The fourth-order valence-corrected chi connectivity index (χ4v) is 3.09. The van der Waals surface area contributed by atoms with Crippen LogP contribution in [0.1, 0.15) is 29.8 Å². The lowest BCUT2D eigenvalue weighted by atomic mass is 10.1. The Kier molecular flexibility index (Phi) is 5.79. The van der Waals surface area contributed by atoms with E-state index in [9.17, 15) is 15.0 Å². The van der Waals surface area contributed by atoms with Gasteiger partial charge in [0.25, 0.3) is 5.91 Å². The van der Waals surface area contributed by atoms with Crippen LogP contribution in [-0.4, -0.2) is 35.4 Å². The number of fused-ring (bicyclic) bond motifs is 1. The standard InChI is InChI=1S/C22H23N3O3/c1-3-25(4-2)17-11-9-16(20(26)13-17)14-23-24-22(28)19-12-10-15-7-5-6-8-18(15)21(19)27/h5-14,26-27H,3-4H2,1-2H3,(H,24,28). The lowest BCUT2D eigenvalue weighted by Crippen LogP contribution is -2.21. The van der Waals surface area contributed by atoms with Crippen molar-refractivity contribution in [3.05, 3.63) is 65.7 Å². The van der Waals surface area contributed by atoms with E-state index in [0.717, 1.165) is 24.2 Å². The molecule has 0 saturated heterocycles. The van der Waals surface area contributed by atoms with E-state index in [2.05, 4.69) is 15.4 Å². The zero-order valence-electron chi connectivity index (χ0n) is 15.9. The van der Waals surface area contributed by atoms with Gasteiger partial charge in [0.05, 0.1) is 11.8 Å². The number of hydrogen-bond donors (Lipinski definition) is 3. The van der Waals surface area contributed by atoms with Crippen molar-refractivity contribution in [3.8, 4) is 11.5 Å². The average molecular weight is 377 g/mol. The summed E-state index contributed by atoms with van der Waals surface area (Å²) in [7, 11) is 0. The molecule has 28 heavy (non-hydrogen) atoms. The van der Waals surface area contributed by atoms with E-state index in [1.165, 1.54) is 6.21 Å². The van der Waals surface area contributed by atoms with Crippen LogP contribution in [0, 0.1) is 0 Å². The molecule has 3 N–H and O–H groups in total. The molecule has 3 aromatic rings. The molecule has 0 aliphatic rings. The van der Waals surface area contributed by atoms with Gasteiger partial charge in [-0.1, -0.05) is 30.3 Å². The minimum absolute atomic E-state index is 0.0796. The second-order valence-electron chi connectivity index (χ2n) is 6.30. The summed E-state index contributed by atoms with van der Waals surface area (Å²) in [6.45, 7) is 5.78. The third kappa shape index (κ3) is 3.91. The molecule has 0 heterocycles. The fourth-order valence-electron chi connectivity index (χ4n) is 3.09. The van der Waals surface area contributed by atoms with Gasteiger partial charge in [-0.05, 0) is 37.4 Å². The molecule has 0 spiro atoms. The highest BCUT2D eigenvalue weighted by Gasteiger charge is 2.13. The van der Waals surface area contributed by atoms with Crippen LogP contribution in [0.2, 0.25) is 0 Å². The number of phenols is 2. The van der Waals surface area contributed by atoms with Crippen molar-refractivity contribution >= 4 is 28.6 Å². The van der Waals surface area contributed by atoms with Crippen molar-refractivity contribution in [2.75, 3.05) is 18.0 Å². The second kappa shape index (κ2) is 8.43. The zero-order chi connectivity index (χ0) is 20.1. The third-order valence-electron chi connectivity index (χ3n) is 4.66. The summed E-state index contributed by atoms with van der Waals surface area (Å²) < 4.78 is 0. The van der Waals surface area contributed by atoms with Crippen LogP contribution in [0.25, 0.3) is 10.8 Å². The number of carbonyl (C=O) groups excluding carboxylic acids is 1. The molecular weight excluding hydrogens is 354 g/mol. The van der Waals surface area contributed by atoms with Gasteiger partial charge < -0.3 is 15.1 Å². The molecule has 0 fully saturated rings. The number of phenolic OH excluding ortho intramolecular Hbond substituents is 2. The second-order valence-corrected chi connectivity index (χ2v) is 6.30. The van der Waals surface area contributed by atoms with Gasteiger partial charge >= 0.3 is 0 Å². The van der Waals surface area contributed by atoms with E-state index in [0.29, 0.717) is 10.9 Å². The number of rotatable bonds is 6. The Morgan fingerprint density at radius 1 is 1.07 bits per heavy atom. The van der Waals surface area contributed by atoms with Crippen LogP contribution in [0.5, 0.6) is 11.5 Å². The molecule has 0 atom stereocenters. The average Bonchev–Trinajstić information content (AvgIpc) is 2.71. The molecule has 1 amide bonds. The van der Waals surface area contributed by atoms with Crippen molar-refractivity contribution < 1.29 is 15.0 Å². The molecule has 0 unspecified atom stereocenters. The summed E-state index contributed by atoms with van der Waals surface area (Å²) in [4.78, 5) is 14.5. The lowest BCUT2D eigenvalue weighted by Gasteiger charge is -2.21. The van der Waals surface area contributed by atoms with Crippen molar-refractivity contribution in [3.63, 3.8) is 0 Å². The lowest BCUT2D eigenvalue weighted by molar-refractivity contribution is 0.0952. The highest BCUT2D eigenvalue weighted by Crippen LogP contribution is 2.28. The normalized spacial score (nSPS) is 11.1. The molecule has 3 rings (SSSR count). The van der Waals surface area contributed by atoms with E-state index in [-0.39, 0.29) is 17.1 Å². The maximum atomic E-state index is 12.4. The van der Waals surface area contributed by atoms with Crippen molar-refractivity contribution in [2.45, 2.75) is 13.8 Å². The van der Waals surface area contributed by atoms with Gasteiger partial charge in [0.15, 0.2) is 0 Å². The summed E-state index contributed by atoms with van der Waals surface area (Å²) in [5.41, 5.74) is 3.93. The first-order valence-corrected chi connectivity index (χ1v) is 9.17. The zero-order valence-corrected chi connectivity index (χ0v) is 15.9. The topological polar surface area (TPSA) is 85.2 Å². The maximum absolute atomic E-state index is 12.4. The quantitative estimate of drug-likeness (QED) is 0.450. The van der Waals surface area contributed by atoms with E-state index in [1.54, 1.807) is 36.4 Å². The highest BCUT2D eigenvalue weighted by molar-refractivity contribution is 6.03. The van der Waals surface area contributed by atoms with Crippen LogP contribution in [-0.2, 0) is 0 Å². The van der Waals surface area contributed by atoms with Gasteiger partial charge in [-0.25, -0.2) is 5.43 Å². The van der Waals surface area contributed by atoms with Gasteiger partial charge in [-0.2, -0.15) is 5.10 Å². The smallest absolute Gasteiger partial charge is 0.275 e. The Labute approximate surface area is 163 Å². The number of benzene rings is 3. The molecule has 0 radical (unpaired) electrons. The van der Waals surface area contributed by atoms with Crippen molar-refractivity contribution in [2.24, 2.45) is 5.10 Å². The van der Waals surface area contributed by atoms with Gasteiger partial charge in [0.1, 0.15) is 11.5 Å². The molecule has 0 saturated carbocycles. The monoisotopic (exact) mass is 377 g/mol. The summed E-state index contributed by atoms with van der Waals surface area (Å²) in [5, 5.41) is 25.9. The molecule has 0 aromatic heterocycles. The molecular formula is C22H23N3O3. The van der Waals surface area contributed by atoms with Gasteiger partial charge in [0.2, 0.25) is 0 Å². The number of anilines is 1. The summed E-state index contributed by atoms with van der Waals surface area (Å²) in [6.07, 6.45) is 1.37. The number of hydrogen-bond acceptors (Lipinski definition) is 5. The van der Waals surface area contributed by atoms with E-state index < -0.39 is 5.91 Å². The first kappa shape index (κ1) is 19.2. The predicted molar refractivity (Wildman–Crippen MR) is 112 cm³/mol. The Morgan fingerprint density at radius 2 is 1.82 bits per heavy atom. The Bertz CT molecular complexity index is 1030. The molecule has 0 aliphatic heterocycles. The van der Waals surface area contributed by atoms with Crippen molar-refractivity contribution in [1.82, 2.24) is 5.43 Å². The fraction of sp³-hybridized carbons (Fsp3) is 0.182. The summed E-state index contributed by atoms with van der Waals surface area (Å²) in [6, 6.07) is 15.9. The first-order valence-electron chi connectivity index (χ1n) is 9.17. The minimum Gasteiger partial charge on any atom is -0.507 e. The van der Waals surface area contributed by atoms with Crippen LogP contribution in [0.15, 0.2) is 59.7 Å². The van der Waals surface area contributed by atoms with Crippen LogP contribution < -0.4 is 10.3 Å². The number of nitrogens with one attached hydrogen (secondary N) is 1. The number of nitrogens with zero attached hydrogens (tertiary/aromatic N) is 2. The largest absolute Gasteiger partial charge is 0.507 e. The van der Waals surface area contributed by atoms with Gasteiger partial charge in [-0.15, -0.1) is 0 Å². The van der Waals surface area contributed by atoms with E-state index in [4.69, 9.17) is 0 Å². The Hall–Kier alpha value is -3.54. The van der Waals surface area contributed by atoms with E-state index >= 15 is 0 Å². The van der Waals surface area contributed by atoms with Gasteiger partial charge in [-0.3, -0.25) is 4.79 Å². The molecule has 144 valence electrons. The van der Waals surface area contributed by atoms with Crippen molar-refractivity contribution in [1.29, 1.82) is 0 Å². The SMILES string of the molecule is CCN(CC)c1ccc(C=NNC(=O)c2ccc3ccccc3c2O)c(O)c1. The third-order valence-corrected chi connectivity index (χ3v) is 4.66. The predicted octanol–water partition coefficient (Wildman–Crippen LogP) is 3.86. The van der Waals surface area contributed by atoms with Crippen LogP contribution in [0.4, 0.5) is 5.69 Å². The summed E-state index contributed by atoms with van der Waals surface area (Å²) >= 11 is 0.